The zero-order chi connectivity index (χ0) is 11.3. The number of methoxy groups -OCH3 is 1. The van der Waals surface area contributed by atoms with E-state index in [4.69, 9.17) is 10.5 Å². The summed E-state index contributed by atoms with van der Waals surface area (Å²) >= 11 is 0. The Morgan fingerprint density at radius 1 is 1.53 bits per heavy atom. The van der Waals surface area contributed by atoms with Gasteiger partial charge in [0.15, 0.2) is 6.29 Å². The van der Waals surface area contributed by atoms with Crippen molar-refractivity contribution in [3.8, 4) is 17.6 Å². The fraction of sp³-hybridized carbons (Fsp3) is 0.0909. The predicted octanol–water partition coefficient (Wildman–Crippen LogP) is 0.344. The molecule has 1 aromatic carbocycles. The molecule has 0 spiro atoms. The van der Waals surface area contributed by atoms with Gasteiger partial charge in [-0.25, -0.2) is 0 Å². The maximum atomic E-state index is 10.7. The normalized spacial score (nSPS) is 8.60. The zero-order valence-corrected chi connectivity index (χ0v) is 8.11. The molecule has 0 aliphatic rings. The summed E-state index contributed by atoms with van der Waals surface area (Å²) in [4.78, 5) is 21.1. The van der Waals surface area contributed by atoms with Gasteiger partial charge in [-0.15, -0.1) is 0 Å². The van der Waals surface area contributed by atoms with Crippen LogP contribution in [0.2, 0.25) is 0 Å². The molecule has 1 rings (SSSR count). The number of benzene rings is 1. The molecule has 76 valence electrons. The van der Waals surface area contributed by atoms with E-state index < -0.39 is 5.91 Å². The molecule has 0 heterocycles. The van der Waals surface area contributed by atoms with E-state index in [2.05, 4.69) is 11.8 Å². The molecule has 0 aromatic heterocycles. The van der Waals surface area contributed by atoms with Crippen molar-refractivity contribution >= 4 is 12.2 Å². The lowest BCUT2D eigenvalue weighted by molar-refractivity contribution is -0.112. The van der Waals surface area contributed by atoms with Gasteiger partial charge in [0.2, 0.25) is 0 Å². The Bertz CT molecular complexity index is 455. The summed E-state index contributed by atoms with van der Waals surface area (Å²) in [5.74, 6) is 4.47. The van der Waals surface area contributed by atoms with Gasteiger partial charge in [-0.05, 0) is 24.1 Å². The van der Waals surface area contributed by atoms with Gasteiger partial charge in [0.1, 0.15) is 5.75 Å². The van der Waals surface area contributed by atoms with Crippen LogP contribution in [0.1, 0.15) is 15.9 Å². The van der Waals surface area contributed by atoms with E-state index in [9.17, 15) is 9.59 Å². The Balaban J connectivity index is 3.10. The van der Waals surface area contributed by atoms with Crippen molar-refractivity contribution in [2.24, 2.45) is 5.73 Å². The first-order valence-electron chi connectivity index (χ1n) is 4.12. The van der Waals surface area contributed by atoms with Crippen LogP contribution < -0.4 is 10.5 Å². The van der Waals surface area contributed by atoms with Crippen LogP contribution in [-0.4, -0.2) is 19.3 Å². The highest BCUT2D eigenvalue weighted by Crippen LogP contribution is 2.17. The van der Waals surface area contributed by atoms with E-state index in [1.54, 1.807) is 12.1 Å². The van der Waals surface area contributed by atoms with Gasteiger partial charge in [0.25, 0.3) is 5.91 Å². The molecule has 1 aromatic rings. The highest BCUT2D eigenvalue weighted by Gasteiger charge is 2.01. The SMILES string of the molecule is COc1ccc(C#CC(N)=O)cc1C=O. The number of rotatable bonds is 2. The summed E-state index contributed by atoms with van der Waals surface area (Å²) in [6.45, 7) is 0. The van der Waals surface area contributed by atoms with Crippen LogP contribution in [0.5, 0.6) is 5.75 Å². The quantitative estimate of drug-likeness (QED) is 0.556. The standard InChI is InChI=1S/C11H9NO3/c1-15-10-4-2-8(3-5-11(12)14)6-9(10)7-13/h2,4,6-7H,1H3,(H2,12,14). The molecule has 0 unspecified atom stereocenters. The molecule has 0 saturated carbocycles. The number of carbonyl (C=O) groups is 2. The molecule has 0 fully saturated rings. The number of hydrogen-bond donors (Lipinski definition) is 1. The van der Waals surface area contributed by atoms with Crippen LogP contribution in [0.25, 0.3) is 0 Å². The van der Waals surface area contributed by atoms with Crippen molar-refractivity contribution in [2.75, 3.05) is 7.11 Å². The number of hydrogen-bond acceptors (Lipinski definition) is 3. The summed E-state index contributed by atoms with van der Waals surface area (Å²) < 4.78 is 4.95. The smallest absolute Gasteiger partial charge is 0.293 e. The third-order valence-electron chi connectivity index (χ3n) is 1.69. The van der Waals surface area contributed by atoms with Gasteiger partial charge in [-0.1, -0.05) is 5.92 Å². The lowest BCUT2D eigenvalue weighted by atomic mass is 10.1. The van der Waals surface area contributed by atoms with E-state index in [-0.39, 0.29) is 0 Å². The molecular formula is C11H9NO3. The molecule has 0 aliphatic carbocycles. The van der Waals surface area contributed by atoms with Gasteiger partial charge >= 0.3 is 0 Å². The van der Waals surface area contributed by atoms with Crippen molar-refractivity contribution in [3.05, 3.63) is 29.3 Å². The Hall–Kier alpha value is -2.28. The molecule has 0 saturated heterocycles. The molecule has 4 nitrogen and oxygen atoms in total. The Morgan fingerprint density at radius 3 is 2.80 bits per heavy atom. The average molecular weight is 203 g/mol. The van der Waals surface area contributed by atoms with Crippen LogP contribution in [0.4, 0.5) is 0 Å². The van der Waals surface area contributed by atoms with Crippen LogP contribution in [0.3, 0.4) is 0 Å². The van der Waals surface area contributed by atoms with Crippen molar-refractivity contribution in [1.29, 1.82) is 0 Å². The minimum atomic E-state index is -0.710. The number of carbonyl (C=O) groups excluding carboxylic acids is 2. The van der Waals surface area contributed by atoms with E-state index in [1.165, 1.54) is 13.2 Å². The van der Waals surface area contributed by atoms with Crippen molar-refractivity contribution < 1.29 is 14.3 Å². The van der Waals surface area contributed by atoms with Gasteiger partial charge in [0, 0.05) is 5.56 Å². The predicted molar refractivity (Wildman–Crippen MR) is 54.5 cm³/mol. The number of primary amides is 1. The molecule has 0 radical (unpaired) electrons. The van der Waals surface area contributed by atoms with E-state index in [1.807, 2.05) is 0 Å². The summed E-state index contributed by atoms with van der Waals surface area (Å²) in [6.07, 6.45) is 0.661. The molecule has 0 bridgehead atoms. The zero-order valence-electron chi connectivity index (χ0n) is 8.11. The van der Waals surface area contributed by atoms with Crippen LogP contribution >= 0.6 is 0 Å². The fourth-order valence-corrected chi connectivity index (χ4v) is 1.04. The Kier molecular flexibility index (Phi) is 3.47. The van der Waals surface area contributed by atoms with Crippen molar-refractivity contribution in [1.82, 2.24) is 0 Å². The summed E-state index contributed by atoms with van der Waals surface area (Å²) in [7, 11) is 1.47. The molecule has 1 amide bonds. The number of aldehydes is 1. The van der Waals surface area contributed by atoms with Crippen LogP contribution in [0.15, 0.2) is 18.2 Å². The number of nitrogens with two attached hydrogens (primary N) is 1. The monoisotopic (exact) mass is 203 g/mol. The number of amides is 1. The second-order valence-corrected chi connectivity index (χ2v) is 2.69. The lowest BCUT2D eigenvalue weighted by Crippen LogP contribution is -2.06. The average Bonchev–Trinajstić information content (AvgIpc) is 2.25. The minimum absolute atomic E-state index is 0.383. The van der Waals surface area contributed by atoms with Gasteiger partial charge in [-0.3, -0.25) is 9.59 Å². The van der Waals surface area contributed by atoms with Gasteiger partial charge in [-0.2, -0.15) is 0 Å². The van der Waals surface area contributed by atoms with E-state index in [0.717, 1.165) is 0 Å². The Morgan fingerprint density at radius 2 is 2.27 bits per heavy atom. The highest BCUT2D eigenvalue weighted by molar-refractivity contribution is 5.92. The lowest BCUT2D eigenvalue weighted by Gasteiger charge is -2.02. The largest absolute Gasteiger partial charge is 0.496 e. The molecule has 0 atom stereocenters. The van der Waals surface area contributed by atoms with E-state index >= 15 is 0 Å². The number of ether oxygens (including phenoxy) is 1. The first-order valence-corrected chi connectivity index (χ1v) is 4.12. The topological polar surface area (TPSA) is 69.4 Å². The highest BCUT2D eigenvalue weighted by atomic mass is 16.5. The minimum Gasteiger partial charge on any atom is -0.496 e. The third kappa shape index (κ3) is 2.85. The second kappa shape index (κ2) is 4.82. The molecular weight excluding hydrogens is 194 g/mol. The Labute approximate surface area is 87.0 Å². The van der Waals surface area contributed by atoms with Crippen molar-refractivity contribution in [2.45, 2.75) is 0 Å². The maximum absolute atomic E-state index is 10.7. The second-order valence-electron chi connectivity index (χ2n) is 2.69. The molecule has 2 N–H and O–H groups in total. The van der Waals surface area contributed by atoms with E-state index in [0.29, 0.717) is 23.2 Å². The first kappa shape index (κ1) is 10.8. The first-order chi connectivity index (χ1) is 7.17. The maximum Gasteiger partial charge on any atom is 0.293 e. The molecule has 4 heteroatoms. The summed E-state index contributed by atoms with van der Waals surface area (Å²) in [5, 5.41) is 0. The summed E-state index contributed by atoms with van der Waals surface area (Å²) in [6, 6.07) is 4.78. The third-order valence-corrected chi connectivity index (χ3v) is 1.69. The summed E-state index contributed by atoms with van der Waals surface area (Å²) in [5.41, 5.74) is 5.78. The van der Waals surface area contributed by atoms with Crippen molar-refractivity contribution in [3.63, 3.8) is 0 Å². The molecule has 15 heavy (non-hydrogen) atoms. The van der Waals surface area contributed by atoms with Gasteiger partial charge in [0.05, 0.1) is 12.7 Å². The molecule has 0 aliphatic heterocycles. The van der Waals surface area contributed by atoms with Gasteiger partial charge < -0.3 is 10.5 Å². The van der Waals surface area contributed by atoms with Crippen LogP contribution in [-0.2, 0) is 4.79 Å². The fourth-order valence-electron chi connectivity index (χ4n) is 1.04. The van der Waals surface area contributed by atoms with Crippen LogP contribution in [0, 0.1) is 11.8 Å².